The SMILES string of the molecule is CC(C)C1CCC2(CC3CC3C2)NC1. The smallest absolute Gasteiger partial charge is 0.0187 e. The molecule has 3 fully saturated rings. The Morgan fingerprint density at radius 2 is 1.93 bits per heavy atom. The van der Waals surface area contributed by atoms with Crippen molar-refractivity contribution in [3.8, 4) is 0 Å². The van der Waals surface area contributed by atoms with E-state index < -0.39 is 0 Å². The van der Waals surface area contributed by atoms with E-state index in [1.165, 1.54) is 32.2 Å². The summed E-state index contributed by atoms with van der Waals surface area (Å²) in [6.45, 7) is 6.03. The Morgan fingerprint density at radius 3 is 2.43 bits per heavy atom. The van der Waals surface area contributed by atoms with Crippen molar-refractivity contribution in [1.82, 2.24) is 5.32 Å². The molecule has 0 radical (unpaired) electrons. The van der Waals surface area contributed by atoms with Crippen LogP contribution in [0, 0.1) is 23.7 Å². The van der Waals surface area contributed by atoms with Crippen LogP contribution in [0.15, 0.2) is 0 Å². The molecule has 1 saturated heterocycles. The molecule has 1 heterocycles. The molecule has 0 aromatic rings. The molecule has 0 aromatic heterocycles. The highest BCUT2D eigenvalue weighted by atomic mass is 15.0. The van der Waals surface area contributed by atoms with Crippen molar-refractivity contribution in [3.63, 3.8) is 0 Å². The zero-order valence-corrected chi connectivity index (χ0v) is 9.55. The van der Waals surface area contributed by atoms with Gasteiger partial charge < -0.3 is 5.32 Å². The predicted molar refractivity (Wildman–Crippen MR) is 59.1 cm³/mol. The fourth-order valence-corrected chi connectivity index (χ4v) is 3.81. The van der Waals surface area contributed by atoms with Gasteiger partial charge in [-0.15, -0.1) is 0 Å². The molecule has 0 bridgehead atoms. The van der Waals surface area contributed by atoms with Gasteiger partial charge in [-0.3, -0.25) is 0 Å². The first-order valence-corrected chi connectivity index (χ1v) is 6.44. The maximum atomic E-state index is 3.89. The molecule has 3 aliphatic rings. The molecule has 1 aliphatic heterocycles. The van der Waals surface area contributed by atoms with E-state index in [4.69, 9.17) is 0 Å². The fraction of sp³-hybridized carbons (Fsp3) is 1.00. The van der Waals surface area contributed by atoms with Crippen LogP contribution in [-0.2, 0) is 0 Å². The highest BCUT2D eigenvalue weighted by molar-refractivity contribution is 5.09. The second-order valence-corrected chi connectivity index (χ2v) is 6.37. The number of nitrogens with one attached hydrogen (secondary N) is 1. The maximum Gasteiger partial charge on any atom is 0.0187 e. The number of hydrogen-bond acceptors (Lipinski definition) is 1. The third-order valence-electron chi connectivity index (χ3n) is 5.05. The van der Waals surface area contributed by atoms with Crippen LogP contribution in [0.1, 0.15) is 46.0 Å². The number of hydrogen-bond donors (Lipinski definition) is 1. The quantitative estimate of drug-likeness (QED) is 0.675. The lowest BCUT2D eigenvalue weighted by Gasteiger charge is -2.41. The number of fused-ring (bicyclic) bond motifs is 1. The van der Waals surface area contributed by atoms with Crippen molar-refractivity contribution in [2.24, 2.45) is 23.7 Å². The lowest BCUT2D eigenvalue weighted by atomic mass is 9.77. The first kappa shape index (κ1) is 9.21. The van der Waals surface area contributed by atoms with E-state index in [1.807, 2.05) is 0 Å². The molecule has 0 aromatic carbocycles. The second kappa shape index (κ2) is 2.98. The Labute approximate surface area is 87.7 Å². The summed E-state index contributed by atoms with van der Waals surface area (Å²) in [5.74, 6) is 4.06. The van der Waals surface area contributed by atoms with E-state index in [2.05, 4.69) is 19.2 Å². The van der Waals surface area contributed by atoms with Gasteiger partial charge in [0.1, 0.15) is 0 Å². The van der Waals surface area contributed by atoms with Gasteiger partial charge in [-0.05, 0) is 62.3 Å². The van der Waals surface area contributed by atoms with E-state index >= 15 is 0 Å². The van der Waals surface area contributed by atoms with Crippen molar-refractivity contribution in [3.05, 3.63) is 0 Å². The summed E-state index contributed by atoms with van der Waals surface area (Å²) in [7, 11) is 0. The Balaban J connectivity index is 1.60. The van der Waals surface area contributed by atoms with Crippen LogP contribution in [0.2, 0.25) is 0 Å². The van der Waals surface area contributed by atoms with Gasteiger partial charge in [0.25, 0.3) is 0 Å². The molecule has 3 atom stereocenters. The lowest BCUT2D eigenvalue weighted by Crippen LogP contribution is -2.51. The molecule has 1 N–H and O–H groups in total. The standard InChI is InChI=1S/C13H23N/c1-9(2)10-3-4-13(14-8-10)6-11-5-12(11)7-13/h9-12,14H,3-8H2,1-2H3. The normalized spacial score (nSPS) is 51.2. The van der Waals surface area contributed by atoms with Crippen molar-refractivity contribution in [1.29, 1.82) is 0 Å². The van der Waals surface area contributed by atoms with Crippen LogP contribution in [-0.4, -0.2) is 12.1 Å². The van der Waals surface area contributed by atoms with Crippen LogP contribution in [0.5, 0.6) is 0 Å². The van der Waals surface area contributed by atoms with Crippen LogP contribution in [0.4, 0.5) is 0 Å². The molecular formula is C13H23N. The predicted octanol–water partition coefficient (Wildman–Crippen LogP) is 2.81. The van der Waals surface area contributed by atoms with Crippen LogP contribution < -0.4 is 5.32 Å². The van der Waals surface area contributed by atoms with Crippen molar-refractivity contribution < 1.29 is 0 Å². The largest absolute Gasteiger partial charge is 0.311 e. The summed E-state index contributed by atoms with van der Waals surface area (Å²) in [4.78, 5) is 0. The van der Waals surface area contributed by atoms with Gasteiger partial charge in [-0.1, -0.05) is 13.8 Å². The molecular weight excluding hydrogens is 170 g/mol. The van der Waals surface area contributed by atoms with Crippen LogP contribution >= 0.6 is 0 Å². The average Bonchev–Trinajstić information content (AvgIpc) is 2.76. The molecule has 80 valence electrons. The minimum absolute atomic E-state index is 0.610. The Morgan fingerprint density at radius 1 is 1.21 bits per heavy atom. The van der Waals surface area contributed by atoms with E-state index in [-0.39, 0.29) is 0 Å². The van der Waals surface area contributed by atoms with E-state index in [0.29, 0.717) is 5.54 Å². The molecule has 1 heteroatoms. The zero-order valence-electron chi connectivity index (χ0n) is 9.55. The summed E-state index contributed by atoms with van der Waals surface area (Å²) < 4.78 is 0. The maximum absolute atomic E-state index is 3.89. The fourth-order valence-electron chi connectivity index (χ4n) is 3.81. The third kappa shape index (κ3) is 1.41. The number of piperidine rings is 1. The van der Waals surface area contributed by atoms with E-state index in [0.717, 1.165) is 23.7 Å². The van der Waals surface area contributed by atoms with Crippen molar-refractivity contribution in [2.75, 3.05) is 6.54 Å². The van der Waals surface area contributed by atoms with Crippen molar-refractivity contribution >= 4 is 0 Å². The van der Waals surface area contributed by atoms with E-state index in [1.54, 1.807) is 6.42 Å². The molecule has 2 aliphatic carbocycles. The highest BCUT2D eigenvalue weighted by Gasteiger charge is 2.54. The van der Waals surface area contributed by atoms with Crippen LogP contribution in [0.3, 0.4) is 0 Å². The molecule has 3 unspecified atom stereocenters. The minimum Gasteiger partial charge on any atom is -0.311 e. The van der Waals surface area contributed by atoms with Gasteiger partial charge in [0.15, 0.2) is 0 Å². The molecule has 3 rings (SSSR count). The van der Waals surface area contributed by atoms with E-state index in [9.17, 15) is 0 Å². The van der Waals surface area contributed by atoms with Gasteiger partial charge in [0.2, 0.25) is 0 Å². The average molecular weight is 193 g/mol. The van der Waals surface area contributed by atoms with Crippen molar-refractivity contribution in [2.45, 2.75) is 51.5 Å². The van der Waals surface area contributed by atoms with Gasteiger partial charge >= 0.3 is 0 Å². The topological polar surface area (TPSA) is 12.0 Å². The Bertz CT molecular complexity index is 213. The first-order chi connectivity index (χ1) is 6.69. The number of rotatable bonds is 1. The third-order valence-corrected chi connectivity index (χ3v) is 5.05. The summed E-state index contributed by atoms with van der Waals surface area (Å²) in [6, 6.07) is 0. The summed E-state index contributed by atoms with van der Waals surface area (Å²) >= 11 is 0. The first-order valence-electron chi connectivity index (χ1n) is 6.44. The lowest BCUT2D eigenvalue weighted by molar-refractivity contribution is 0.167. The van der Waals surface area contributed by atoms with Gasteiger partial charge in [0, 0.05) is 5.54 Å². The summed E-state index contributed by atoms with van der Waals surface area (Å²) in [6.07, 6.45) is 7.49. The Kier molecular flexibility index (Phi) is 1.96. The molecule has 0 amide bonds. The molecule has 1 spiro atoms. The second-order valence-electron chi connectivity index (χ2n) is 6.37. The monoisotopic (exact) mass is 193 g/mol. The minimum atomic E-state index is 0.610. The molecule has 2 saturated carbocycles. The molecule has 1 nitrogen and oxygen atoms in total. The summed E-state index contributed by atoms with van der Waals surface area (Å²) in [5.41, 5.74) is 0.610. The zero-order chi connectivity index (χ0) is 9.76. The van der Waals surface area contributed by atoms with Crippen LogP contribution in [0.25, 0.3) is 0 Å². The van der Waals surface area contributed by atoms with Gasteiger partial charge in [-0.25, -0.2) is 0 Å². The highest BCUT2D eigenvalue weighted by Crippen LogP contribution is 2.58. The van der Waals surface area contributed by atoms with Gasteiger partial charge in [-0.2, -0.15) is 0 Å². The van der Waals surface area contributed by atoms with Gasteiger partial charge in [0.05, 0.1) is 0 Å². The molecule has 14 heavy (non-hydrogen) atoms. The Hall–Kier alpha value is -0.0400. The summed E-state index contributed by atoms with van der Waals surface area (Å²) in [5, 5.41) is 3.89.